The second-order valence-corrected chi connectivity index (χ2v) is 7.48. The molecule has 0 radical (unpaired) electrons. The quantitative estimate of drug-likeness (QED) is 0.874. The van der Waals surface area contributed by atoms with E-state index in [0.29, 0.717) is 11.5 Å². The monoisotopic (exact) mass is 255 g/mol. The average Bonchev–Trinajstić information content (AvgIpc) is 2.43. The second kappa shape index (κ2) is 4.34. The molecule has 2 N–H and O–H groups in total. The first-order chi connectivity index (χ1) is 9.25. The second-order valence-electron chi connectivity index (χ2n) is 7.48. The highest BCUT2D eigenvalue weighted by Crippen LogP contribution is 2.60. The smallest absolute Gasteiger partial charge is 0.0124 e. The Bertz CT molecular complexity index is 438. The summed E-state index contributed by atoms with van der Waals surface area (Å²) in [7, 11) is 0. The van der Waals surface area contributed by atoms with Gasteiger partial charge in [-0.3, -0.25) is 0 Å². The fourth-order valence-corrected chi connectivity index (χ4v) is 5.66. The van der Waals surface area contributed by atoms with E-state index >= 15 is 0 Å². The Kier molecular flexibility index (Phi) is 2.73. The van der Waals surface area contributed by atoms with Gasteiger partial charge in [-0.05, 0) is 73.7 Å². The van der Waals surface area contributed by atoms with Crippen molar-refractivity contribution >= 4 is 0 Å². The van der Waals surface area contributed by atoms with E-state index in [2.05, 4.69) is 30.3 Å². The molecule has 4 aliphatic carbocycles. The minimum atomic E-state index is 0.490. The van der Waals surface area contributed by atoms with E-state index in [1.54, 1.807) is 0 Å². The first kappa shape index (κ1) is 12.0. The van der Waals surface area contributed by atoms with Crippen LogP contribution in [0.3, 0.4) is 0 Å². The maximum Gasteiger partial charge on any atom is 0.0124 e. The molecule has 19 heavy (non-hydrogen) atoms. The predicted molar refractivity (Wildman–Crippen MR) is 78.7 cm³/mol. The van der Waals surface area contributed by atoms with Crippen LogP contribution >= 0.6 is 0 Å². The van der Waals surface area contributed by atoms with Gasteiger partial charge in [0, 0.05) is 6.04 Å². The van der Waals surface area contributed by atoms with Crippen molar-refractivity contribution in [3.8, 4) is 0 Å². The lowest BCUT2D eigenvalue weighted by molar-refractivity contribution is -0.0760. The Hall–Kier alpha value is -0.820. The van der Waals surface area contributed by atoms with E-state index in [9.17, 15) is 0 Å². The molecule has 4 fully saturated rings. The molecule has 1 aromatic carbocycles. The molecule has 1 nitrogen and oxygen atoms in total. The summed E-state index contributed by atoms with van der Waals surface area (Å²) in [5.74, 6) is 2.86. The highest BCUT2D eigenvalue weighted by atomic mass is 14.8. The van der Waals surface area contributed by atoms with E-state index in [1.165, 1.54) is 50.5 Å². The molecule has 0 saturated heterocycles. The van der Waals surface area contributed by atoms with Gasteiger partial charge in [-0.25, -0.2) is 0 Å². The van der Waals surface area contributed by atoms with Crippen LogP contribution in [0.2, 0.25) is 0 Å². The molecule has 0 amide bonds. The van der Waals surface area contributed by atoms with Crippen molar-refractivity contribution in [3.63, 3.8) is 0 Å². The molecule has 0 aromatic heterocycles. The van der Waals surface area contributed by atoms with Crippen molar-refractivity contribution in [2.75, 3.05) is 0 Å². The number of nitrogens with two attached hydrogens (primary N) is 1. The van der Waals surface area contributed by atoms with Crippen molar-refractivity contribution in [2.24, 2.45) is 28.9 Å². The molecule has 4 saturated carbocycles. The van der Waals surface area contributed by atoms with Crippen LogP contribution in [0.4, 0.5) is 0 Å². The highest BCUT2D eigenvalue weighted by Gasteiger charge is 2.55. The maximum absolute atomic E-state index is 6.67. The van der Waals surface area contributed by atoms with Gasteiger partial charge >= 0.3 is 0 Å². The van der Waals surface area contributed by atoms with E-state index in [1.807, 2.05) is 0 Å². The Balaban J connectivity index is 1.53. The molecule has 0 heterocycles. The zero-order valence-corrected chi connectivity index (χ0v) is 11.7. The van der Waals surface area contributed by atoms with Crippen molar-refractivity contribution < 1.29 is 0 Å². The molecule has 3 atom stereocenters. The number of rotatable bonds is 3. The normalized spacial score (nSPS) is 43.6. The molecule has 102 valence electrons. The lowest BCUT2D eigenvalue weighted by Crippen LogP contribution is -2.59. The maximum atomic E-state index is 6.67. The van der Waals surface area contributed by atoms with Crippen LogP contribution in [-0.2, 0) is 6.42 Å². The zero-order valence-electron chi connectivity index (χ0n) is 11.7. The van der Waals surface area contributed by atoms with Gasteiger partial charge in [0.1, 0.15) is 0 Å². The Morgan fingerprint density at radius 3 is 2.37 bits per heavy atom. The van der Waals surface area contributed by atoms with Crippen LogP contribution in [0.15, 0.2) is 30.3 Å². The van der Waals surface area contributed by atoms with Crippen molar-refractivity contribution in [1.29, 1.82) is 0 Å². The van der Waals surface area contributed by atoms with Gasteiger partial charge in [0.2, 0.25) is 0 Å². The number of aryl methyl sites for hydroxylation is 1. The topological polar surface area (TPSA) is 26.0 Å². The molecule has 4 aliphatic rings. The number of benzene rings is 1. The van der Waals surface area contributed by atoms with Gasteiger partial charge < -0.3 is 5.73 Å². The lowest BCUT2D eigenvalue weighted by Gasteiger charge is -2.60. The van der Waals surface area contributed by atoms with E-state index in [-0.39, 0.29) is 0 Å². The van der Waals surface area contributed by atoms with Crippen LogP contribution < -0.4 is 5.73 Å². The fourth-order valence-electron chi connectivity index (χ4n) is 5.66. The van der Waals surface area contributed by atoms with E-state index < -0.39 is 0 Å². The molecule has 4 bridgehead atoms. The molecule has 0 spiro atoms. The van der Waals surface area contributed by atoms with Crippen LogP contribution in [-0.4, -0.2) is 6.04 Å². The molecule has 3 unspecified atom stereocenters. The summed E-state index contributed by atoms with van der Waals surface area (Å²) in [6, 6.07) is 11.5. The van der Waals surface area contributed by atoms with Crippen LogP contribution in [0.1, 0.15) is 44.1 Å². The first-order valence-corrected chi connectivity index (χ1v) is 8.05. The number of hydrogen-bond acceptors (Lipinski definition) is 1. The lowest BCUT2D eigenvalue weighted by atomic mass is 9.46. The molecule has 5 rings (SSSR count). The van der Waals surface area contributed by atoms with Gasteiger partial charge in [0.05, 0.1) is 0 Å². The number of hydrogen-bond donors (Lipinski definition) is 1. The van der Waals surface area contributed by atoms with E-state index in [0.717, 1.165) is 17.8 Å². The molecular formula is C18H25N. The van der Waals surface area contributed by atoms with Crippen molar-refractivity contribution in [2.45, 2.75) is 51.0 Å². The summed E-state index contributed by atoms with van der Waals surface area (Å²) < 4.78 is 0. The van der Waals surface area contributed by atoms with Crippen LogP contribution in [0.25, 0.3) is 0 Å². The third-order valence-electron chi connectivity index (χ3n) is 6.30. The Morgan fingerprint density at radius 1 is 1.00 bits per heavy atom. The highest BCUT2D eigenvalue weighted by molar-refractivity contribution is 5.16. The van der Waals surface area contributed by atoms with Gasteiger partial charge in [-0.2, -0.15) is 0 Å². The summed E-state index contributed by atoms with van der Waals surface area (Å²) >= 11 is 0. The minimum absolute atomic E-state index is 0.490. The Morgan fingerprint density at radius 2 is 1.68 bits per heavy atom. The van der Waals surface area contributed by atoms with Gasteiger partial charge in [0.25, 0.3) is 0 Å². The standard InChI is InChI=1S/C18H25N/c19-17-16-9-14-8-15(10-16)12-18(17,11-14)7-6-13-4-2-1-3-5-13/h1-5,14-17H,6-12,19H2. The van der Waals surface area contributed by atoms with E-state index in [4.69, 9.17) is 5.73 Å². The fraction of sp³-hybridized carbons (Fsp3) is 0.667. The van der Waals surface area contributed by atoms with Gasteiger partial charge in [-0.1, -0.05) is 30.3 Å². The average molecular weight is 255 g/mol. The summed E-state index contributed by atoms with van der Waals surface area (Å²) in [5, 5.41) is 0. The predicted octanol–water partition coefficient (Wildman–Crippen LogP) is 3.77. The largest absolute Gasteiger partial charge is 0.327 e. The SMILES string of the molecule is NC1C2CC3CC(C2)CC1(CCc1ccccc1)C3. The van der Waals surface area contributed by atoms with Crippen LogP contribution in [0, 0.1) is 23.2 Å². The third-order valence-corrected chi connectivity index (χ3v) is 6.30. The summed E-state index contributed by atoms with van der Waals surface area (Å²) in [6.07, 6.45) is 9.77. The summed E-state index contributed by atoms with van der Waals surface area (Å²) in [4.78, 5) is 0. The summed E-state index contributed by atoms with van der Waals surface area (Å²) in [6.45, 7) is 0. The van der Waals surface area contributed by atoms with Crippen molar-refractivity contribution in [1.82, 2.24) is 0 Å². The zero-order chi connectivity index (χ0) is 12.9. The van der Waals surface area contributed by atoms with Crippen molar-refractivity contribution in [3.05, 3.63) is 35.9 Å². The Labute approximate surface area is 116 Å². The molecule has 0 aliphatic heterocycles. The van der Waals surface area contributed by atoms with Crippen LogP contribution in [0.5, 0.6) is 0 Å². The molecule has 1 heteroatoms. The molecular weight excluding hydrogens is 230 g/mol. The minimum Gasteiger partial charge on any atom is -0.327 e. The summed E-state index contributed by atoms with van der Waals surface area (Å²) in [5.41, 5.74) is 8.65. The van der Waals surface area contributed by atoms with Gasteiger partial charge in [0.15, 0.2) is 0 Å². The first-order valence-electron chi connectivity index (χ1n) is 8.05. The third kappa shape index (κ3) is 1.94. The van der Waals surface area contributed by atoms with Gasteiger partial charge in [-0.15, -0.1) is 0 Å². The molecule has 1 aromatic rings.